The Labute approximate surface area is 128 Å². The van der Waals surface area contributed by atoms with Crippen molar-refractivity contribution in [1.29, 1.82) is 0 Å². The summed E-state index contributed by atoms with van der Waals surface area (Å²) in [6.07, 6.45) is 2.37. The number of benzene rings is 1. The van der Waals surface area contributed by atoms with E-state index in [9.17, 15) is 4.79 Å². The summed E-state index contributed by atoms with van der Waals surface area (Å²) >= 11 is 3.45. The van der Waals surface area contributed by atoms with Crippen molar-refractivity contribution in [2.75, 3.05) is 0 Å². The van der Waals surface area contributed by atoms with Crippen LogP contribution in [0.25, 0.3) is 0 Å². The molecule has 2 rings (SSSR count). The molecule has 1 aliphatic carbocycles. The van der Waals surface area contributed by atoms with Crippen LogP contribution in [0.5, 0.6) is 5.75 Å². The Morgan fingerprint density at radius 3 is 2.80 bits per heavy atom. The average molecular weight is 341 g/mol. The zero-order valence-electron chi connectivity index (χ0n) is 11.9. The van der Waals surface area contributed by atoms with E-state index in [0.717, 1.165) is 28.6 Å². The minimum Gasteiger partial charge on any atom is -0.481 e. The van der Waals surface area contributed by atoms with Crippen LogP contribution in [-0.2, 0) is 11.2 Å². The van der Waals surface area contributed by atoms with Crippen molar-refractivity contribution in [3.63, 3.8) is 0 Å². The number of hydrogen-bond acceptors (Lipinski definition) is 3. The van der Waals surface area contributed by atoms with Gasteiger partial charge in [-0.2, -0.15) is 0 Å². The third-order valence-electron chi connectivity index (χ3n) is 3.16. The van der Waals surface area contributed by atoms with Crippen LogP contribution in [0.4, 0.5) is 0 Å². The Balaban J connectivity index is 2.04. The van der Waals surface area contributed by atoms with Crippen molar-refractivity contribution in [3.05, 3.63) is 28.2 Å². The number of ether oxygens (including phenoxy) is 1. The van der Waals surface area contributed by atoms with Gasteiger partial charge in [-0.15, -0.1) is 0 Å². The molecule has 2 atom stereocenters. The molecule has 1 fully saturated rings. The van der Waals surface area contributed by atoms with Gasteiger partial charge >= 0.3 is 0 Å². The Hall–Kier alpha value is -1.07. The molecule has 4 nitrogen and oxygen atoms in total. The van der Waals surface area contributed by atoms with Crippen molar-refractivity contribution in [2.24, 2.45) is 5.73 Å². The quantitative estimate of drug-likeness (QED) is 0.835. The molecule has 0 radical (unpaired) electrons. The van der Waals surface area contributed by atoms with E-state index in [-0.39, 0.29) is 11.9 Å². The van der Waals surface area contributed by atoms with Gasteiger partial charge in [0.1, 0.15) is 5.75 Å². The molecule has 1 aromatic carbocycles. The van der Waals surface area contributed by atoms with Gasteiger partial charge < -0.3 is 15.8 Å². The van der Waals surface area contributed by atoms with Crippen molar-refractivity contribution in [3.8, 4) is 5.75 Å². The summed E-state index contributed by atoms with van der Waals surface area (Å²) in [6.45, 7) is 3.73. The van der Waals surface area contributed by atoms with E-state index >= 15 is 0 Å². The zero-order valence-corrected chi connectivity index (χ0v) is 13.4. The maximum atomic E-state index is 11.9. The molecule has 20 heavy (non-hydrogen) atoms. The highest BCUT2D eigenvalue weighted by Gasteiger charge is 2.26. The smallest absolute Gasteiger partial charge is 0.260 e. The second kappa shape index (κ2) is 6.59. The van der Waals surface area contributed by atoms with Crippen molar-refractivity contribution < 1.29 is 9.53 Å². The van der Waals surface area contributed by atoms with Gasteiger partial charge in [0.2, 0.25) is 0 Å². The van der Waals surface area contributed by atoms with Crippen LogP contribution in [0.3, 0.4) is 0 Å². The van der Waals surface area contributed by atoms with E-state index in [2.05, 4.69) is 21.2 Å². The van der Waals surface area contributed by atoms with Gasteiger partial charge in [-0.3, -0.25) is 4.79 Å². The number of amides is 1. The molecule has 5 heteroatoms. The largest absolute Gasteiger partial charge is 0.481 e. The van der Waals surface area contributed by atoms with E-state index in [1.807, 2.05) is 25.1 Å². The van der Waals surface area contributed by atoms with E-state index < -0.39 is 6.10 Å². The number of carbonyl (C=O) groups excluding carboxylic acids is 1. The summed E-state index contributed by atoms with van der Waals surface area (Å²) in [5.74, 6) is 0.672. The Morgan fingerprint density at radius 1 is 1.50 bits per heavy atom. The van der Waals surface area contributed by atoms with Crippen molar-refractivity contribution >= 4 is 21.8 Å². The highest BCUT2D eigenvalue weighted by molar-refractivity contribution is 9.10. The topological polar surface area (TPSA) is 64.3 Å². The van der Waals surface area contributed by atoms with Crippen LogP contribution < -0.4 is 15.8 Å². The van der Waals surface area contributed by atoms with Gasteiger partial charge in [-0.1, -0.05) is 15.9 Å². The maximum Gasteiger partial charge on any atom is 0.260 e. The molecular formula is C15H21BrN2O2. The van der Waals surface area contributed by atoms with Gasteiger partial charge in [0.15, 0.2) is 6.10 Å². The SMILES string of the molecule is CC(N)Cc1cc(Br)ccc1OC(C)C(=O)NC1CC1. The first-order chi connectivity index (χ1) is 9.45. The lowest BCUT2D eigenvalue weighted by molar-refractivity contribution is -0.127. The molecular weight excluding hydrogens is 320 g/mol. The summed E-state index contributed by atoms with van der Waals surface area (Å²) in [5.41, 5.74) is 6.87. The predicted octanol–water partition coefficient (Wildman–Crippen LogP) is 2.38. The molecule has 1 amide bonds. The molecule has 0 bridgehead atoms. The first-order valence-corrected chi connectivity index (χ1v) is 7.76. The summed E-state index contributed by atoms with van der Waals surface area (Å²) in [4.78, 5) is 11.9. The number of rotatable bonds is 6. The predicted molar refractivity (Wildman–Crippen MR) is 82.8 cm³/mol. The number of nitrogens with one attached hydrogen (secondary N) is 1. The number of halogens is 1. The van der Waals surface area contributed by atoms with Crippen LogP contribution in [0.15, 0.2) is 22.7 Å². The number of hydrogen-bond donors (Lipinski definition) is 2. The molecule has 0 saturated heterocycles. The molecule has 0 spiro atoms. The maximum absolute atomic E-state index is 11.9. The minimum atomic E-state index is -0.497. The Kier molecular flexibility index (Phi) is 5.05. The zero-order chi connectivity index (χ0) is 14.7. The van der Waals surface area contributed by atoms with Gasteiger partial charge in [-0.25, -0.2) is 0 Å². The van der Waals surface area contributed by atoms with E-state index in [1.165, 1.54) is 0 Å². The van der Waals surface area contributed by atoms with Gasteiger partial charge in [-0.05, 0) is 56.9 Å². The third kappa shape index (κ3) is 4.49. The second-order valence-electron chi connectivity index (χ2n) is 5.48. The standard InChI is InChI=1S/C15H21BrN2O2/c1-9(17)7-11-8-12(16)3-6-14(11)20-10(2)15(19)18-13-4-5-13/h3,6,8-10,13H,4-5,7,17H2,1-2H3,(H,18,19). The van der Waals surface area contributed by atoms with Gasteiger partial charge in [0, 0.05) is 16.6 Å². The first-order valence-electron chi connectivity index (χ1n) is 6.96. The molecule has 1 aromatic rings. The lowest BCUT2D eigenvalue weighted by Crippen LogP contribution is -2.37. The fourth-order valence-corrected chi connectivity index (χ4v) is 2.37. The lowest BCUT2D eigenvalue weighted by Gasteiger charge is -2.18. The van der Waals surface area contributed by atoms with E-state index in [4.69, 9.17) is 10.5 Å². The van der Waals surface area contributed by atoms with Crippen molar-refractivity contribution in [2.45, 2.75) is 51.3 Å². The molecule has 1 aliphatic rings. The van der Waals surface area contributed by atoms with Crippen LogP contribution in [0.1, 0.15) is 32.3 Å². The number of carbonyl (C=O) groups is 1. The summed E-state index contributed by atoms with van der Waals surface area (Å²) in [7, 11) is 0. The normalized spacial score (nSPS) is 17.4. The monoisotopic (exact) mass is 340 g/mol. The van der Waals surface area contributed by atoms with Gasteiger partial charge in [0.25, 0.3) is 5.91 Å². The summed E-state index contributed by atoms with van der Waals surface area (Å²) < 4.78 is 6.79. The van der Waals surface area contributed by atoms with E-state index in [1.54, 1.807) is 6.92 Å². The van der Waals surface area contributed by atoms with Crippen LogP contribution in [0.2, 0.25) is 0 Å². The Bertz CT molecular complexity index is 487. The number of nitrogens with two attached hydrogens (primary N) is 1. The van der Waals surface area contributed by atoms with E-state index in [0.29, 0.717) is 12.5 Å². The molecule has 1 saturated carbocycles. The molecule has 0 aromatic heterocycles. The fourth-order valence-electron chi connectivity index (χ4n) is 1.96. The molecule has 0 heterocycles. The first kappa shape index (κ1) is 15.3. The van der Waals surface area contributed by atoms with Crippen molar-refractivity contribution in [1.82, 2.24) is 5.32 Å². The summed E-state index contributed by atoms with van der Waals surface area (Å²) in [5, 5.41) is 2.95. The molecule has 3 N–H and O–H groups in total. The highest BCUT2D eigenvalue weighted by Crippen LogP contribution is 2.26. The van der Waals surface area contributed by atoms with Gasteiger partial charge in [0.05, 0.1) is 0 Å². The lowest BCUT2D eigenvalue weighted by atomic mass is 10.1. The third-order valence-corrected chi connectivity index (χ3v) is 3.65. The molecule has 2 unspecified atom stereocenters. The van der Waals surface area contributed by atoms with Crippen LogP contribution in [0, 0.1) is 0 Å². The highest BCUT2D eigenvalue weighted by atomic mass is 79.9. The Morgan fingerprint density at radius 2 is 2.20 bits per heavy atom. The van der Waals surface area contributed by atoms with Crippen LogP contribution in [-0.4, -0.2) is 24.1 Å². The minimum absolute atomic E-state index is 0.0437. The average Bonchev–Trinajstić information content (AvgIpc) is 3.15. The molecule has 0 aliphatic heterocycles. The van der Waals surface area contributed by atoms with Crippen LogP contribution >= 0.6 is 15.9 Å². The molecule has 110 valence electrons. The fraction of sp³-hybridized carbons (Fsp3) is 0.533. The second-order valence-corrected chi connectivity index (χ2v) is 6.39. The summed E-state index contributed by atoms with van der Waals surface area (Å²) in [6, 6.07) is 6.17.